The molecule has 1 fully saturated rings. The van der Waals surface area contributed by atoms with Crippen molar-refractivity contribution in [2.45, 2.75) is 31.1 Å². The van der Waals surface area contributed by atoms with E-state index < -0.39 is 11.7 Å². The van der Waals surface area contributed by atoms with E-state index in [-0.39, 0.29) is 24.7 Å². The van der Waals surface area contributed by atoms with Crippen LogP contribution < -0.4 is 10.6 Å². The number of halogens is 3. The van der Waals surface area contributed by atoms with Crippen molar-refractivity contribution >= 4 is 6.01 Å². The fourth-order valence-electron chi connectivity index (χ4n) is 1.34. The minimum atomic E-state index is -4.29. The summed E-state index contributed by atoms with van der Waals surface area (Å²) in [7, 11) is 1.68. The van der Waals surface area contributed by atoms with E-state index in [1.165, 1.54) is 0 Å². The van der Waals surface area contributed by atoms with E-state index in [1.54, 1.807) is 7.05 Å². The molecule has 90 valence electrons. The minimum absolute atomic E-state index is 0.0419. The maximum absolute atomic E-state index is 12.6. The monoisotopic (exact) mass is 236 g/mol. The Morgan fingerprint density at radius 1 is 1.38 bits per heavy atom. The molecule has 1 aliphatic rings. The molecule has 0 saturated heterocycles. The number of nitrogens with one attached hydrogen (secondary N) is 2. The zero-order valence-electron chi connectivity index (χ0n) is 8.56. The molecule has 1 aromatic heterocycles. The number of alkyl halides is 3. The van der Waals surface area contributed by atoms with Crippen LogP contribution in [0.15, 0.2) is 4.42 Å². The molecule has 2 N–H and O–H groups in total. The van der Waals surface area contributed by atoms with Gasteiger partial charge in [-0.3, -0.25) is 0 Å². The molecule has 1 heterocycles. The number of hydrogen-bond acceptors (Lipinski definition) is 5. The SMILES string of the molecule is CNCc1nnc(NC2(C(F)(F)F)CC2)o1. The van der Waals surface area contributed by atoms with Gasteiger partial charge in [-0.2, -0.15) is 13.2 Å². The summed E-state index contributed by atoms with van der Waals surface area (Å²) in [6, 6.07) is -0.180. The average molecular weight is 236 g/mol. The number of nitrogens with zero attached hydrogens (tertiary/aromatic N) is 2. The number of rotatable bonds is 4. The molecule has 0 aromatic carbocycles. The lowest BCUT2D eigenvalue weighted by molar-refractivity contribution is -0.151. The summed E-state index contributed by atoms with van der Waals surface area (Å²) < 4.78 is 42.7. The van der Waals surface area contributed by atoms with Crippen molar-refractivity contribution in [2.24, 2.45) is 0 Å². The van der Waals surface area contributed by atoms with Crippen LogP contribution >= 0.6 is 0 Å². The van der Waals surface area contributed by atoms with Gasteiger partial charge in [0.05, 0.1) is 6.54 Å². The van der Waals surface area contributed by atoms with Crippen LogP contribution in [-0.4, -0.2) is 29.0 Å². The zero-order chi connectivity index (χ0) is 11.8. The fraction of sp³-hybridized carbons (Fsp3) is 0.750. The molecule has 0 aliphatic heterocycles. The number of anilines is 1. The van der Waals surface area contributed by atoms with Crippen LogP contribution in [0.25, 0.3) is 0 Å². The molecule has 1 saturated carbocycles. The first kappa shape index (κ1) is 11.2. The number of hydrogen-bond donors (Lipinski definition) is 2. The van der Waals surface area contributed by atoms with Gasteiger partial charge in [-0.25, -0.2) is 0 Å². The van der Waals surface area contributed by atoms with Crippen molar-refractivity contribution < 1.29 is 17.6 Å². The van der Waals surface area contributed by atoms with E-state index in [0.717, 1.165) is 0 Å². The molecule has 1 aromatic rings. The van der Waals surface area contributed by atoms with Crippen LogP contribution in [0.5, 0.6) is 0 Å². The van der Waals surface area contributed by atoms with Crippen LogP contribution in [0.2, 0.25) is 0 Å². The molecule has 0 radical (unpaired) electrons. The smallest absolute Gasteiger partial charge is 0.407 e. The Hall–Kier alpha value is -1.31. The first-order chi connectivity index (χ1) is 7.47. The predicted molar refractivity (Wildman–Crippen MR) is 48.7 cm³/mol. The van der Waals surface area contributed by atoms with Crippen molar-refractivity contribution in [1.82, 2.24) is 15.5 Å². The van der Waals surface area contributed by atoms with Crippen LogP contribution in [0.3, 0.4) is 0 Å². The second kappa shape index (κ2) is 3.62. The zero-order valence-corrected chi connectivity index (χ0v) is 8.56. The standard InChI is InChI=1S/C8H11F3N4O/c1-12-4-5-14-15-6(16-5)13-7(2-3-7)8(9,10)11/h12H,2-4H2,1H3,(H,13,15). The molecule has 0 spiro atoms. The highest BCUT2D eigenvalue weighted by molar-refractivity contribution is 5.31. The summed E-state index contributed by atoms with van der Waals surface area (Å²) in [6.07, 6.45) is -4.20. The highest BCUT2D eigenvalue weighted by atomic mass is 19.4. The minimum Gasteiger partial charge on any atom is -0.407 e. The van der Waals surface area contributed by atoms with E-state index in [2.05, 4.69) is 20.8 Å². The summed E-state index contributed by atoms with van der Waals surface area (Å²) in [5, 5.41) is 12.1. The van der Waals surface area contributed by atoms with Gasteiger partial charge >= 0.3 is 12.2 Å². The molecule has 0 atom stereocenters. The Kier molecular flexibility index (Phi) is 2.53. The summed E-state index contributed by atoms with van der Waals surface area (Å²) in [5.74, 6) is 0.253. The molecule has 2 rings (SSSR count). The predicted octanol–water partition coefficient (Wildman–Crippen LogP) is 1.30. The Bertz CT molecular complexity index is 372. The van der Waals surface area contributed by atoms with Crippen LogP contribution in [0.1, 0.15) is 18.7 Å². The van der Waals surface area contributed by atoms with Gasteiger partial charge < -0.3 is 15.1 Å². The van der Waals surface area contributed by atoms with Gasteiger partial charge in [-0.05, 0) is 19.9 Å². The largest absolute Gasteiger partial charge is 0.411 e. The third-order valence-electron chi connectivity index (χ3n) is 2.43. The number of aromatic nitrogens is 2. The third kappa shape index (κ3) is 1.97. The van der Waals surface area contributed by atoms with Crippen molar-refractivity contribution in [3.05, 3.63) is 5.89 Å². The Morgan fingerprint density at radius 2 is 2.06 bits per heavy atom. The average Bonchev–Trinajstić information content (AvgIpc) is 2.83. The normalized spacial score (nSPS) is 18.5. The Labute approximate surface area is 89.4 Å². The summed E-state index contributed by atoms with van der Waals surface area (Å²) in [4.78, 5) is 0. The lowest BCUT2D eigenvalue weighted by Gasteiger charge is -2.18. The second-order valence-electron chi connectivity index (χ2n) is 3.74. The third-order valence-corrected chi connectivity index (χ3v) is 2.43. The lowest BCUT2D eigenvalue weighted by atomic mass is 10.3. The van der Waals surface area contributed by atoms with E-state index in [9.17, 15) is 13.2 Å². The summed E-state index contributed by atoms with van der Waals surface area (Å²) in [5.41, 5.74) is -1.86. The van der Waals surface area contributed by atoms with Crippen molar-refractivity contribution in [1.29, 1.82) is 0 Å². The van der Waals surface area contributed by atoms with Crippen molar-refractivity contribution in [2.75, 3.05) is 12.4 Å². The van der Waals surface area contributed by atoms with Crippen LogP contribution in [0, 0.1) is 0 Å². The first-order valence-corrected chi connectivity index (χ1v) is 4.79. The van der Waals surface area contributed by atoms with Crippen LogP contribution in [0.4, 0.5) is 19.2 Å². The molecule has 1 aliphatic carbocycles. The molecule has 8 heteroatoms. The van der Waals surface area contributed by atoms with Crippen molar-refractivity contribution in [3.63, 3.8) is 0 Å². The molecular formula is C8H11F3N4O. The van der Waals surface area contributed by atoms with Crippen molar-refractivity contribution in [3.8, 4) is 0 Å². The highest BCUT2D eigenvalue weighted by Gasteiger charge is 2.64. The van der Waals surface area contributed by atoms with E-state index >= 15 is 0 Å². The van der Waals surface area contributed by atoms with Crippen LogP contribution in [-0.2, 0) is 6.54 Å². The van der Waals surface area contributed by atoms with Gasteiger partial charge in [0.25, 0.3) is 0 Å². The molecular weight excluding hydrogens is 225 g/mol. The van der Waals surface area contributed by atoms with E-state index in [1.807, 2.05) is 0 Å². The quantitative estimate of drug-likeness (QED) is 0.824. The summed E-state index contributed by atoms with van der Waals surface area (Å²) >= 11 is 0. The Morgan fingerprint density at radius 3 is 2.56 bits per heavy atom. The molecule has 0 bridgehead atoms. The van der Waals surface area contributed by atoms with Gasteiger partial charge in [0, 0.05) is 0 Å². The Balaban J connectivity index is 2.04. The van der Waals surface area contributed by atoms with Gasteiger partial charge in [-0.1, -0.05) is 5.10 Å². The fourth-order valence-corrected chi connectivity index (χ4v) is 1.34. The molecule has 0 amide bonds. The maximum Gasteiger partial charge on any atom is 0.411 e. The van der Waals surface area contributed by atoms with Gasteiger partial charge in [-0.15, -0.1) is 5.10 Å². The lowest BCUT2D eigenvalue weighted by Crippen LogP contribution is -2.38. The van der Waals surface area contributed by atoms with E-state index in [4.69, 9.17) is 4.42 Å². The molecule has 0 unspecified atom stereocenters. The van der Waals surface area contributed by atoms with Gasteiger partial charge in [0.15, 0.2) is 0 Å². The van der Waals surface area contributed by atoms with E-state index in [0.29, 0.717) is 6.54 Å². The summed E-state index contributed by atoms with van der Waals surface area (Å²) in [6.45, 7) is 0.327. The topological polar surface area (TPSA) is 63.0 Å². The van der Waals surface area contributed by atoms with Gasteiger partial charge in [0.2, 0.25) is 5.89 Å². The highest BCUT2D eigenvalue weighted by Crippen LogP contribution is 2.50. The second-order valence-corrected chi connectivity index (χ2v) is 3.74. The molecule has 16 heavy (non-hydrogen) atoms. The first-order valence-electron chi connectivity index (χ1n) is 4.79. The molecule has 5 nitrogen and oxygen atoms in total. The maximum atomic E-state index is 12.6. The van der Waals surface area contributed by atoms with Gasteiger partial charge in [0.1, 0.15) is 5.54 Å².